The first-order chi connectivity index (χ1) is 13.2. The molecule has 0 atom stereocenters. The summed E-state index contributed by atoms with van der Waals surface area (Å²) in [6, 6.07) is 5.59. The lowest BCUT2D eigenvalue weighted by Gasteiger charge is -2.15. The van der Waals surface area contributed by atoms with E-state index in [1.807, 2.05) is 36.0 Å². The molecule has 0 fully saturated rings. The smallest absolute Gasteiger partial charge is 0.191 e. The summed E-state index contributed by atoms with van der Waals surface area (Å²) in [5, 5.41) is 10.8. The number of nitrogens with zero attached hydrogens (tertiary/aromatic N) is 3. The maximum absolute atomic E-state index is 5.48. The second-order valence-corrected chi connectivity index (χ2v) is 5.76. The molecule has 8 heteroatoms. The molecule has 0 bridgehead atoms. The molecule has 2 N–H and O–H groups in total. The molecule has 1 aromatic heterocycles. The fraction of sp³-hybridized carbons (Fsp3) is 0.474. The van der Waals surface area contributed by atoms with Gasteiger partial charge in [0.2, 0.25) is 0 Å². The fourth-order valence-electron chi connectivity index (χ4n) is 2.61. The second-order valence-electron chi connectivity index (χ2n) is 5.76. The highest BCUT2D eigenvalue weighted by Gasteiger charge is 2.13. The predicted molar refractivity (Wildman–Crippen MR) is 106 cm³/mol. The molecule has 0 aliphatic rings. The third-order valence-corrected chi connectivity index (χ3v) is 3.97. The number of aromatic nitrogens is 2. The fourth-order valence-corrected chi connectivity index (χ4v) is 2.61. The van der Waals surface area contributed by atoms with Crippen molar-refractivity contribution in [3.05, 3.63) is 36.2 Å². The van der Waals surface area contributed by atoms with E-state index in [0.717, 1.165) is 37.6 Å². The highest BCUT2D eigenvalue weighted by Crippen LogP contribution is 2.34. The molecule has 1 heterocycles. The number of aliphatic imine (C=N–C) groups is 1. The van der Waals surface area contributed by atoms with Gasteiger partial charge in [-0.25, -0.2) is 4.99 Å². The predicted octanol–water partition coefficient (Wildman–Crippen LogP) is 2.05. The van der Waals surface area contributed by atoms with Crippen molar-refractivity contribution in [1.29, 1.82) is 0 Å². The molecule has 2 rings (SSSR count). The molecule has 0 unspecified atom stereocenters. The Hall–Kier alpha value is -2.90. The van der Waals surface area contributed by atoms with E-state index in [9.17, 15) is 0 Å². The van der Waals surface area contributed by atoms with Crippen LogP contribution in [0.25, 0.3) is 0 Å². The Bertz CT molecular complexity index is 691. The van der Waals surface area contributed by atoms with Crippen molar-refractivity contribution in [3.63, 3.8) is 0 Å². The van der Waals surface area contributed by atoms with Gasteiger partial charge in [-0.15, -0.1) is 0 Å². The van der Waals surface area contributed by atoms with Crippen molar-refractivity contribution in [2.45, 2.75) is 26.4 Å². The van der Waals surface area contributed by atoms with Crippen molar-refractivity contribution in [3.8, 4) is 17.2 Å². The lowest BCUT2D eigenvalue weighted by atomic mass is 10.1. The molecule has 27 heavy (non-hydrogen) atoms. The summed E-state index contributed by atoms with van der Waals surface area (Å²) >= 11 is 0. The molecule has 0 aliphatic carbocycles. The number of methoxy groups -OCH3 is 3. The monoisotopic (exact) mass is 375 g/mol. The van der Waals surface area contributed by atoms with E-state index in [0.29, 0.717) is 23.8 Å². The maximum Gasteiger partial charge on any atom is 0.191 e. The Morgan fingerprint density at radius 1 is 1.11 bits per heavy atom. The Kier molecular flexibility index (Phi) is 8.28. The highest BCUT2D eigenvalue weighted by atomic mass is 16.5. The highest BCUT2D eigenvalue weighted by molar-refractivity contribution is 5.79. The average molecular weight is 375 g/mol. The summed E-state index contributed by atoms with van der Waals surface area (Å²) in [6.45, 7) is 4.89. The van der Waals surface area contributed by atoms with Gasteiger partial charge in [0.25, 0.3) is 0 Å². The Morgan fingerprint density at radius 3 is 2.41 bits per heavy atom. The largest absolute Gasteiger partial charge is 0.496 e. The van der Waals surface area contributed by atoms with E-state index < -0.39 is 0 Å². The lowest BCUT2D eigenvalue weighted by molar-refractivity contribution is 0.369. The molecular weight excluding hydrogens is 346 g/mol. The summed E-state index contributed by atoms with van der Waals surface area (Å²) in [7, 11) is 4.86. The van der Waals surface area contributed by atoms with Crippen LogP contribution >= 0.6 is 0 Å². The van der Waals surface area contributed by atoms with Gasteiger partial charge in [-0.05, 0) is 19.4 Å². The normalized spacial score (nSPS) is 11.2. The minimum atomic E-state index is 0.421. The van der Waals surface area contributed by atoms with Gasteiger partial charge < -0.3 is 24.8 Å². The van der Waals surface area contributed by atoms with Crippen LogP contribution < -0.4 is 24.8 Å². The molecule has 2 aromatic rings. The maximum atomic E-state index is 5.48. The number of aryl methyl sites for hydroxylation is 1. The van der Waals surface area contributed by atoms with E-state index in [1.54, 1.807) is 27.5 Å². The first kappa shape index (κ1) is 20.4. The van der Waals surface area contributed by atoms with Gasteiger partial charge in [-0.1, -0.05) is 0 Å². The Morgan fingerprint density at radius 2 is 1.85 bits per heavy atom. The van der Waals surface area contributed by atoms with E-state index in [2.05, 4.69) is 20.7 Å². The molecule has 8 nitrogen and oxygen atoms in total. The first-order valence-corrected chi connectivity index (χ1v) is 9.00. The van der Waals surface area contributed by atoms with Crippen molar-refractivity contribution < 1.29 is 14.2 Å². The van der Waals surface area contributed by atoms with Gasteiger partial charge in [0, 0.05) is 44.2 Å². The van der Waals surface area contributed by atoms with Crippen LogP contribution in [-0.2, 0) is 13.1 Å². The van der Waals surface area contributed by atoms with Crippen LogP contribution in [-0.4, -0.2) is 50.2 Å². The van der Waals surface area contributed by atoms with Gasteiger partial charge in [-0.3, -0.25) is 4.68 Å². The number of guanidine groups is 1. The zero-order chi connectivity index (χ0) is 19.5. The molecule has 0 aliphatic heterocycles. The Balaban J connectivity index is 2.02. The molecule has 0 saturated carbocycles. The standard InChI is InChI=1S/C19H29N5O3/c1-5-20-19(21-8-6-10-24-11-7-9-23-24)22-14-16-17(26-3)12-15(25-2)13-18(16)27-4/h7,9,11-13H,5-6,8,10,14H2,1-4H3,(H2,20,21,22). The number of hydrogen-bond donors (Lipinski definition) is 2. The van der Waals surface area contributed by atoms with Crippen LogP contribution in [0.15, 0.2) is 35.6 Å². The lowest BCUT2D eigenvalue weighted by Crippen LogP contribution is -2.38. The van der Waals surface area contributed by atoms with Crippen molar-refractivity contribution in [1.82, 2.24) is 20.4 Å². The number of hydrogen-bond acceptors (Lipinski definition) is 5. The minimum absolute atomic E-state index is 0.421. The summed E-state index contributed by atoms with van der Waals surface area (Å²) in [5.74, 6) is 2.80. The van der Waals surface area contributed by atoms with Gasteiger partial charge in [0.05, 0.1) is 33.4 Å². The van der Waals surface area contributed by atoms with Gasteiger partial charge >= 0.3 is 0 Å². The third-order valence-electron chi connectivity index (χ3n) is 3.97. The van der Waals surface area contributed by atoms with Crippen LogP contribution in [0.2, 0.25) is 0 Å². The Labute approximate surface area is 160 Å². The van der Waals surface area contributed by atoms with Crippen LogP contribution in [0.5, 0.6) is 17.2 Å². The summed E-state index contributed by atoms with van der Waals surface area (Å²) < 4.78 is 18.2. The quantitative estimate of drug-likeness (QED) is 0.376. The zero-order valence-corrected chi connectivity index (χ0v) is 16.5. The van der Waals surface area contributed by atoms with E-state index in [-0.39, 0.29) is 0 Å². The summed E-state index contributed by atoms with van der Waals surface area (Å²) in [6.07, 6.45) is 4.69. The van der Waals surface area contributed by atoms with Crippen LogP contribution in [0, 0.1) is 0 Å². The third kappa shape index (κ3) is 6.09. The number of nitrogens with one attached hydrogen (secondary N) is 2. The van der Waals surface area contributed by atoms with Crippen LogP contribution in [0.3, 0.4) is 0 Å². The molecular formula is C19H29N5O3. The minimum Gasteiger partial charge on any atom is -0.496 e. The van der Waals surface area contributed by atoms with E-state index in [4.69, 9.17) is 14.2 Å². The number of ether oxygens (including phenoxy) is 3. The molecule has 0 radical (unpaired) electrons. The number of rotatable bonds is 10. The van der Waals surface area contributed by atoms with Gasteiger partial charge in [0.15, 0.2) is 5.96 Å². The van der Waals surface area contributed by atoms with E-state index >= 15 is 0 Å². The molecule has 1 aromatic carbocycles. The van der Waals surface area contributed by atoms with Crippen LogP contribution in [0.4, 0.5) is 0 Å². The van der Waals surface area contributed by atoms with Crippen molar-refractivity contribution >= 4 is 5.96 Å². The molecule has 0 spiro atoms. The van der Waals surface area contributed by atoms with Gasteiger partial charge in [-0.2, -0.15) is 5.10 Å². The van der Waals surface area contributed by atoms with Crippen molar-refractivity contribution in [2.24, 2.45) is 4.99 Å². The molecule has 148 valence electrons. The van der Waals surface area contributed by atoms with E-state index in [1.165, 1.54) is 0 Å². The second kappa shape index (κ2) is 10.9. The average Bonchev–Trinajstić information content (AvgIpc) is 3.22. The zero-order valence-electron chi connectivity index (χ0n) is 16.5. The summed E-state index contributed by atoms with van der Waals surface area (Å²) in [5.41, 5.74) is 0.870. The van der Waals surface area contributed by atoms with Crippen molar-refractivity contribution in [2.75, 3.05) is 34.4 Å². The molecule has 0 saturated heterocycles. The van der Waals surface area contributed by atoms with Gasteiger partial charge in [0.1, 0.15) is 17.2 Å². The summed E-state index contributed by atoms with van der Waals surface area (Å²) in [4.78, 5) is 4.66. The molecule has 0 amide bonds. The SMILES string of the molecule is CCNC(=NCc1c(OC)cc(OC)cc1OC)NCCCn1cccn1. The topological polar surface area (TPSA) is 81.9 Å². The van der Waals surface area contributed by atoms with Crippen LogP contribution in [0.1, 0.15) is 18.9 Å². The first-order valence-electron chi connectivity index (χ1n) is 9.00. The number of benzene rings is 1.